The van der Waals surface area contributed by atoms with Gasteiger partial charge in [0.2, 0.25) is 0 Å². The smallest absolute Gasteiger partial charge is 0.138 e. The molecule has 18 heavy (non-hydrogen) atoms. The Bertz CT molecular complexity index is 513. The van der Waals surface area contributed by atoms with Crippen molar-refractivity contribution < 1.29 is 4.74 Å². The molecule has 0 saturated carbocycles. The van der Waals surface area contributed by atoms with Gasteiger partial charge in [-0.05, 0) is 34.5 Å². The summed E-state index contributed by atoms with van der Waals surface area (Å²) >= 11 is 3.51. The first-order valence-electron chi connectivity index (χ1n) is 5.91. The Labute approximate surface area is 116 Å². The molecule has 0 amide bonds. The SMILES string of the molecule is CC(Oc1c(Br)cccc1CN)c1ccccc1. The molecule has 0 radical (unpaired) electrons. The van der Waals surface area contributed by atoms with Crippen molar-refractivity contribution in [2.75, 3.05) is 0 Å². The minimum Gasteiger partial charge on any atom is -0.485 e. The summed E-state index contributed by atoms with van der Waals surface area (Å²) in [7, 11) is 0. The second-order valence-electron chi connectivity index (χ2n) is 4.10. The third-order valence-corrected chi connectivity index (χ3v) is 3.46. The molecule has 0 bridgehead atoms. The summed E-state index contributed by atoms with van der Waals surface area (Å²) in [6.45, 7) is 2.51. The van der Waals surface area contributed by atoms with Gasteiger partial charge in [-0.2, -0.15) is 0 Å². The molecule has 0 fully saturated rings. The van der Waals surface area contributed by atoms with Gasteiger partial charge in [0, 0.05) is 12.1 Å². The van der Waals surface area contributed by atoms with Crippen LogP contribution in [0.5, 0.6) is 5.75 Å². The highest BCUT2D eigenvalue weighted by molar-refractivity contribution is 9.10. The molecular formula is C15H16BrNO. The highest BCUT2D eigenvalue weighted by atomic mass is 79.9. The Hall–Kier alpha value is -1.32. The van der Waals surface area contributed by atoms with Gasteiger partial charge in [0.1, 0.15) is 11.9 Å². The molecule has 0 aromatic heterocycles. The largest absolute Gasteiger partial charge is 0.485 e. The van der Waals surface area contributed by atoms with E-state index in [2.05, 4.69) is 28.1 Å². The molecule has 2 rings (SSSR count). The highest BCUT2D eigenvalue weighted by Crippen LogP contribution is 2.32. The summed E-state index contributed by atoms with van der Waals surface area (Å²) in [4.78, 5) is 0. The van der Waals surface area contributed by atoms with Crippen LogP contribution in [0.25, 0.3) is 0 Å². The lowest BCUT2D eigenvalue weighted by molar-refractivity contribution is 0.223. The number of ether oxygens (including phenoxy) is 1. The summed E-state index contributed by atoms with van der Waals surface area (Å²) in [5, 5.41) is 0. The van der Waals surface area contributed by atoms with E-state index in [-0.39, 0.29) is 6.10 Å². The van der Waals surface area contributed by atoms with Crippen LogP contribution in [0, 0.1) is 0 Å². The average Bonchev–Trinajstić information content (AvgIpc) is 2.42. The number of hydrogen-bond acceptors (Lipinski definition) is 2. The Morgan fingerprint density at radius 3 is 2.50 bits per heavy atom. The minimum absolute atomic E-state index is 0.00444. The van der Waals surface area contributed by atoms with Crippen LogP contribution in [0.2, 0.25) is 0 Å². The zero-order valence-corrected chi connectivity index (χ0v) is 11.9. The monoisotopic (exact) mass is 305 g/mol. The van der Waals surface area contributed by atoms with Crippen LogP contribution in [0.4, 0.5) is 0 Å². The van der Waals surface area contributed by atoms with Crippen molar-refractivity contribution in [2.45, 2.75) is 19.6 Å². The van der Waals surface area contributed by atoms with Crippen molar-refractivity contribution in [3.8, 4) is 5.75 Å². The van der Waals surface area contributed by atoms with E-state index in [1.54, 1.807) is 0 Å². The van der Waals surface area contributed by atoms with Gasteiger partial charge >= 0.3 is 0 Å². The van der Waals surface area contributed by atoms with Crippen molar-refractivity contribution in [3.05, 3.63) is 64.1 Å². The van der Waals surface area contributed by atoms with Gasteiger partial charge in [0.25, 0.3) is 0 Å². The highest BCUT2D eigenvalue weighted by Gasteiger charge is 2.12. The lowest BCUT2D eigenvalue weighted by atomic mass is 10.1. The molecule has 1 unspecified atom stereocenters. The molecular weight excluding hydrogens is 290 g/mol. The van der Waals surface area contributed by atoms with Gasteiger partial charge in [0.05, 0.1) is 4.47 Å². The van der Waals surface area contributed by atoms with E-state index >= 15 is 0 Å². The van der Waals surface area contributed by atoms with Gasteiger partial charge < -0.3 is 10.5 Å². The predicted molar refractivity (Wildman–Crippen MR) is 77.5 cm³/mol. The summed E-state index contributed by atoms with van der Waals surface area (Å²) < 4.78 is 6.96. The van der Waals surface area contributed by atoms with Crippen molar-refractivity contribution in [3.63, 3.8) is 0 Å². The Morgan fingerprint density at radius 1 is 1.11 bits per heavy atom. The fraction of sp³-hybridized carbons (Fsp3) is 0.200. The lowest BCUT2D eigenvalue weighted by Gasteiger charge is -2.18. The molecule has 1 atom stereocenters. The number of benzene rings is 2. The maximum absolute atomic E-state index is 6.03. The first kappa shape index (κ1) is 13.1. The molecule has 2 aromatic carbocycles. The van der Waals surface area contributed by atoms with Crippen LogP contribution in [-0.2, 0) is 6.54 Å². The fourth-order valence-corrected chi connectivity index (χ4v) is 2.32. The van der Waals surface area contributed by atoms with E-state index in [4.69, 9.17) is 10.5 Å². The number of hydrogen-bond donors (Lipinski definition) is 1. The molecule has 94 valence electrons. The van der Waals surface area contributed by atoms with E-state index in [1.165, 1.54) is 0 Å². The zero-order chi connectivity index (χ0) is 13.0. The quantitative estimate of drug-likeness (QED) is 0.925. The van der Waals surface area contributed by atoms with Crippen molar-refractivity contribution in [2.24, 2.45) is 5.73 Å². The normalized spacial score (nSPS) is 12.2. The van der Waals surface area contributed by atoms with E-state index in [9.17, 15) is 0 Å². The molecule has 0 aliphatic carbocycles. The maximum atomic E-state index is 6.03. The summed E-state index contributed by atoms with van der Waals surface area (Å²) in [5.41, 5.74) is 7.89. The summed E-state index contributed by atoms with van der Waals surface area (Å²) in [5.74, 6) is 0.830. The Kier molecular flexibility index (Phi) is 4.39. The van der Waals surface area contributed by atoms with Crippen molar-refractivity contribution >= 4 is 15.9 Å². The van der Waals surface area contributed by atoms with Gasteiger partial charge in [0.15, 0.2) is 0 Å². The molecule has 2 nitrogen and oxygen atoms in total. The van der Waals surface area contributed by atoms with Crippen LogP contribution in [-0.4, -0.2) is 0 Å². The first-order chi connectivity index (χ1) is 8.72. The van der Waals surface area contributed by atoms with E-state index < -0.39 is 0 Å². The van der Waals surface area contributed by atoms with Crippen molar-refractivity contribution in [1.29, 1.82) is 0 Å². The van der Waals surface area contributed by atoms with Crippen LogP contribution < -0.4 is 10.5 Å². The maximum Gasteiger partial charge on any atom is 0.138 e. The lowest BCUT2D eigenvalue weighted by Crippen LogP contribution is -2.07. The molecule has 2 aromatic rings. The van der Waals surface area contributed by atoms with Crippen molar-refractivity contribution in [1.82, 2.24) is 0 Å². The second-order valence-corrected chi connectivity index (χ2v) is 4.96. The summed E-state index contributed by atoms with van der Waals surface area (Å²) in [6.07, 6.45) is -0.00444. The molecule has 0 saturated heterocycles. The average molecular weight is 306 g/mol. The van der Waals surface area contributed by atoms with Crippen LogP contribution >= 0.6 is 15.9 Å². The molecule has 0 aliphatic rings. The molecule has 0 spiro atoms. The van der Waals surface area contributed by atoms with Gasteiger partial charge in [-0.3, -0.25) is 0 Å². The van der Waals surface area contributed by atoms with E-state index in [0.29, 0.717) is 6.54 Å². The third kappa shape index (κ3) is 2.92. The third-order valence-electron chi connectivity index (χ3n) is 2.83. The number of para-hydroxylation sites is 1. The first-order valence-corrected chi connectivity index (χ1v) is 6.70. The standard InChI is InChI=1S/C15H16BrNO/c1-11(12-6-3-2-4-7-12)18-15-13(10-17)8-5-9-14(15)16/h2-9,11H,10,17H2,1H3. The van der Waals surface area contributed by atoms with E-state index in [0.717, 1.165) is 21.3 Å². The summed E-state index contributed by atoms with van der Waals surface area (Å²) in [6, 6.07) is 16.1. The molecule has 0 heterocycles. The number of halogens is 1. The van der Waals surface area contributed by atoms with Gasteiger partial charge in [-0.1, -0.05) is 42.5 Å². The predicted octanol–water partition coefficient (Wildman–Crippen LogP) is 4.05. The van der Waals surface area contributed by atoms with Crippen LogP contribution in [0.15, 0.2) is 53.0 Å². The topological polar surface area (TPSA) is 35.2 Å². The fourth-order valence-electron chi connectivity index (χ4n) is 1.82. The molecule has 0 aliphatic heterocycles. The Balaban J connectivity index is 2.24. The number of nitrogens with two attached hydrogens (primary N) is 1. The second kappa shape index (κ2) is 6.03. The molecule has 3 heteroatoms. The van der Waals surface area contributed by atoms with Crippen LogP contribution in [0.1, 0.15) is 24.2 Å². The number of rotatable bonds is 4. The zero-order valence-electron chi connectivity index (χ0n) is 10.3. The Morgan fingerprint density at radius 2 is 1.83 bits per heavy atom. The van der Waals surface area contributed by atoms with Crippen LogP contribution in [0.3, 0.4) is 0 Å². The van der Waals surface area contributed by atoms with Gasteiger partial charge in [-0.25, -0.2) is 0 Å². The van der Waals surface area contributed by atoms with E-state index in [1.807, 2.05) is 43.3 Å². The molecule has 2 N–H and O–H groups in total. The van der Waals surface area contributed by atoms with Gasteiger partial charge in [-0.15, -0.1) is 0 Å². The minimum atomic E-state index is -0.00444.